The summed E-state index contributed by atoms with van der Waals surface area (Å²) < 4.78 is 0. The van der Waals surface area contributed by atoms with E-state index < -0.39 is 0 Å². The predicted molar refractivity (Wildman–Crippen MR) is 109 cm³/mol. The van der Waals surface area contributed by atoms with Gasteiger partial charge < -0.3 is 5.32 Å². The summed E-state index contributed by atoms with van der Waals surface area (Å²) in [5.41, 5.74) is 4.54. The minimum absolute atomic E-state index is 0.160. The predicted octanol–water partition coefficient (Wildman–Crippen LogP) is 3.94. The zero-order valence-electron chi connectivity index (χ0n) is 15.0. The van der Waals surface area contributed by atoms with Gasteiger partial charge in [-0.05, 0) is 48.8 Å². The zero-order chi connectivity index (χ0) is 18.5. The van der Waals surface area contributed by atoms with Crippen LogP contribution in [0.2, 0.25) is 0 Å². The lowest BCUT2D eigenvalue weighted by molar-refractivity contribution is -0.111. The van der Waals surface area contributed by atoms with Crippen molar-refractivity contribution in [1.29, 1.82) is 0 Å². The third-order valence-electron chi connectivity index (χ3n) is 4.15. The highest BCUT2D eigenvalue weighted by Gasteiger charge is 2.25. The standard InChI is InChI=1S/C19H23N3O2S2/c1-22(2)21-18(24)17-14-8-4-3-5-9-15(14)26-19(17)20-16(23)11-10-13-7-6-12-25-13/h6-7,10-12H,3-5,8-9H2,1-2H3,(H,20,23)(H,21,24)/b11-10+. The third-order valence-corrected chi connectivity index (χ3v) is 6.20. The molecular formula is C19H23N3O2S2. The Bertz CT molecular complexity index is 807. The molecule has 0 aromatic carbocycles. The van der Waals surface area contributed by atoms with Gasteiger partial charge in [0.2, 0.25) is 5.91 Å². The minimum Gasteiger partial charge on any atom is -0.313 e. The highest BCUT2D eigenvalue weighted by atomic mass is 32.1. The van der Waals surface area contributed by atoms with E-state index in [1.54, 1.807) is 36.5 Å². The molecule has 0 unspecified atom stereocenters. The molecule has 2 heterocycles. The van der Waals surface area contributed by atoms with Crippen LogP contribution in [0.5, 0.6) is 0 Å². The summed E-state index contributed by atoms with van der Waals surface area (Å²) in [4.78, 5) is 27.3. The quantitative estimate of drug-likeness (QED) is 0.463. The summed E-state index contributed by atoms with van der Waals surface area (Å²) in [6.07, 6.45) is 8.57. The van der Waals surface area contributed by atoms with Gasteiger partial charge in [-0.2, -0.15) is 0 Å². The summed E-state index contributed by atoms with van der Waals surface area (Å²) in [7, 11) is 3.57. The van der Waals surface area contributed by atoms with E-state index in [0.717, 1.165) is 36.1 Å². The number of carbonyl (C=O) groups is 2. The summed E-state index contributed by atoms with van der Waals surface area (Å²) in [6.45, 7) is 0. The van der Waals surface area contributed by atoms with Gasteiger partial charge in [-0.1, -0.05) is 12.5 Å². The van der Waals surface area contributed by atoms with E-state index in [2.05, 4.69) is 10.7 Å². The number of thiophene rings is 2. The largest absolute Gasteiger partial charge is 0.313 e. The average molecular weight is 390 g/mol. The fourth-order valence-electron chi connectivity index (χ4n) is 3.03. The van der Waals surface area contributed by atoms with Crippen molar-refractivity contribution in [2.24, 2.45) is 0 Å². The Balaban J connectivity index is 1.85. The Labute approximate surface area is 161 Å². The van der Waals surface area contributed by atoms with E-state index in [1.165, 1.54) is 28.7 Å². The van der Waals surface area contributed by atoms with Crippen molar-refractivity contribution in [1.82, 2.24) is 10.4 Å². The van der Waals surface area contributed by atoms with Crippen molar-refractivity contribution < 1.29 is 9.59 Å². The molecule has 3 rings (SSSR count). The molecule has 0 bridgehead atoms. The molecule has 0 saturated heterocycles. The zero-order valence-corrected chi connectivity index (χ0v) is 16.6. The monoisotopic (exact) mass is 389 g/mol. The van der Waals surface area contributed by atoms with Crippen LogP contribution in [0.3, 0.4) is 0 Å². The van der Waals surface area contributed by atoms with Gasteiger partial charge >= 0.3 is 0 Å². The number of aryl methyl sites for hydroxylation is 1. The van der Waals surface area contributed by atoms with Crippen LogP contribution < -0.4 is 10.7 Å². The van der Waals surface area contributed by atoms with Gasteiger partial charge in [0, 0.05) is 29.9 Å². The number of hydrazine groups is 1. The van der Waals surface area contributed by atoms with Crippen molar-refractivity contribution in [2.45, 2.75) is 32.1 Å². The van der Waals surface area contributed by atoms with Crippen LogP contribution in [0.25, 0.3) is 6.08 Å². The Morgan fingerprint density at radius 3 is 2.73 bits per heavy atom. The number of hydrogen-bond donors (Lipinski definition) is 2. The number of rotatable bonds is 5. The van der Waals surface area contributed by atoms with Gasteiger partial charge in [0.05, 0.1) is 5.56 Å². The van der Waals surface area contributed by atoms with Crippen LogP contribution in [-0.4, -0.2) is 30.9 Å². The van der Waals surface area contributed by atoms with Crippen molar-refractivity contribution in [3.8, 4) is 0 Å². The maximum atomic E-state index is 12.7. The van der Waals surface area contributed by atoms with Gasteiger partial charge in [0.15, 0.2) is 0 Å². The Kier molecular flexibility index (Phi) is 6.24. The molecule has 0 atom stereocenters. The van der Waals surface area contributed by atoms with Gasteiger partial charge in [-0.15, -0.1) is 22.7 Å². The van der Waals surface area contributed by atoms with Crippen molar-refractivity contribution in [3.63, 3.8) is 0 Å². The second kappa shape index (κ2) is 8.62. The molecule has 7 heteroatoms. The Hall–Kier alpha value is -1.96. The highest BCUT2D eigenvalue weighted by molar-refractivity contribution is 7.17. The lowest BCUT2D eigenvalue weighted by Gasteiger charge is -2.14. The molecule has 0 radical (unpaired) electrons. The van der Waals surface area contributed by atoms with Gasteiger partial charge in [-0.25, -0.2) is 5.01 Å². The summed E-state index contributed by atoms with van der Waals surface area (Å²) in [5, 5.41) is 7.17. The first-order valence-electron chi connectivity index (χ1n) is 8.70. The first-order chi connectivity index (χ1) is 12.5. The fraction of sp³-hybridized carbons (Fsp3) is 0.368. The molecule has 1 aliphatic rings. The van der Waals surface area contributed by atoms with Crippen LogP contribution in [0, 0.1) is 0 Å². The molecule has 2 amide bonds. The van der Waals surface area contributed by atoms with Gasteiger partial charge in [0.25, 0.3) is 5.91 Å². The lowest BCUT2D eigenvalue weighted by Crippen LogP contribution is -2.36. The first kappa shape index (κ1) is 18.8. The maximum Gasteiger partial charge on any atom is 0.268 e. The molecule has 0 aliphatic heterocycles. The second-order valence-corrected chi connectivity index (χ2v) is 8.53. The molecule has 1 aliphatic carbocycles. The summed E-state index contributed by atoms with van der Waals surface area (Å²) >= 11 is 3.12. The number of nitrogens with one attached hydrogen (secondary N) is 2. The summed E-state index contributed by atoms with van der Waals surface area (Å²) in [5.74, 6) is -0.374. The van der Waals surface area contributed by atoms with Crippen molar-refractivity contribution in [2.75, 3.05) is 19.4 Å². The van der Waals surface area contributed by atoms with Crippen LogP contribution in [0.15, 0.2) is 23.6 Å². The van der Waals surface area contributed by atoms with Crippen LogP contribution in [-0.2, 0) is 17.6 Å². The van der Waals surface area contributed by atoms with Crippen molar-refractivity contribution in [3.05, 3.63) is 44.5 Å². The Morgan fingerprint density at radius 1 is 1.19 bits per heavy atom. The van der Waals surface area contributed by atoms with Crippen LogP contribution in [0.4, 0.5) is 5.00 Å². The number of hydrogen-bond acceptors (Lipinski definition) is 5. The summed E-state index contributed by atoms with van der Waals surface area (Å²) in [6, 6.07) is 3.90. The minimum atomic E-state index is -0.214. The number of fused-ring (bicyclic) bond motifs is 1. The molecule has 0 fully saturated rings. The molecule has 0 saturated carbocycles. The van der Waals surface area contributed by atoms with Crippen LogP contribution in [0.1, 0.15) is 44.9 Å². The lowest BCUT2D eigenvalue weighted by atomic mass is 10.1. The normalized spacial score (nSPS) is 14.3. The number of amides is 2. The van der Waals surface area contributed by atoms with Crippen molar-refractivity contribution >= 4 is 45.6 Å². The fourth-order valence-corrected chi connectivity index (χ4v) is 4.94. The Morgan fingerprint density at radius 2 is 2.00 bits per heavy atom. The molecule has 0 spiro atoms. The van der Waals surface area contributed by atoms with Crippen LogP contribution >= 0.6 is 22.7 Å². The van der Waals surface area contributed by atoms with E-state index in [9.17, 15) is 9.59 Å². The highest BCUT2D eigenvalue weighted by Crippen LogP contribution is 2.37. The van der Waals surface area contributed by atoms with E-state index in [4.69, 9.17) is 0 Å². The third kappa shape index (κ3) is 4.60. The second-order valence-electron chi connectivity index (χ2n) is 6.44. The maximum absolute atomic E-state index is 12.7. The van der Waals surface area contributed by atoms with E-state index in [0.29, 0.717) is 10.6 Å². The molecule has 138 valence electrons. The van der Waals surface area contributed by atoms with E-state index >= 15 is 0 Å². The van der Waals surface area contributed by atoms with E-state index in [1.807, 2.05) is 17.5 Å². The molecule has 26 heavy (non-hydrogen) atoms. The SMILES string of the molecule is CN(C)NC(=O)c1c(NC(=O)/C=C/c2cccs2)sc2c1CCCCC2. The molecular weight excluding hydrogens is 366 g/mol. The van der Waals surface area contributed by atoms with Gasteiger partial charge in [-0.3, -0.25) is 15.0 Å². The first-order valence-corrected chi connectivity index (χ1v) is 10.4. The number of nitrogens with zero attached hydrogens (tertiary/aromatic N) is 1. The number of carbonyl (C=O) groups excluding carboxylic acids is 2. The average Bonchev–Trinajstić information content (AvgIpc) is 3.15. The number of anilines is 1. The smallest absolute Gasteiger partial charge is 0.268 e. The topological polar surface area (TPSA) is 61.4 Å². The molecule has 2 aromatic rings. The molecule has 2 N–H and O–H groups in total. The van der Waals surface area contributed by atoms with Gasteiger partial charge in [0.1, 0.15) is 5.00 Å². The van der Waals surface area contributed by atoms with E-state index in [-0.39, 0.29) is 11.8 Å². The molecule has 2 aromatic heterocycles. The molecule has 5 nitrogen and oxygen atoms in total.